The molecule has 4 aliphatic rings. The van der Waals surface area contributed by atoms with Crippen molar-refractivity contribution in [2.24, 2.45) is 23.2 Å². The number of carboxylic acids is 1. The minimum atomic E-state index is -1.30. The minimum absolute atomic E-state index is 0.127. The molecule has 0 heterocycles. The van der Waals surface area contributed by atoms with Crippen LogP contribution in [-0.4, -0.2) is 23.2 Å². The van der Waals surface area contributed by atoms with Crippen molar-refractivity contribution in [1.29, 1.82) is 5.26 Å². The zero-order valence-electron chi connectivity index (χ0n) is 11.5. The zero-order valence-corrected chi connectivity index (χ0v) is 11.5. The Bertz CT molecular complexity index is 405. The SMILES string of the molecule is CC(C#N)(CNC12CC3CC(CC(C3)C1)C2)C(=O)O. The van der Waals surface area contributed by atoms with Crippen LogP contribution in [0.15, 0.2) is 0 Å². The van der Waals surface area contributed by atoms with E-state index in [0.717, 1.165) is 17.8 Å². The average molecular weight is 262 g/mol. The monoisotopic (exact) mass is 262 g/mol. The van der Waals surface area contributed by atoms with Gasteiger partial charge in [-0.3, -0.25) is 4.79 Å². The lowest BCUT2D eigenvalue weighted by Gasteiger charge is -2.57. The predicted molar refractivity (Wildman–Crippen MR) is 70.3 cm³/mol. The lowest BCUT2D eigenvalue weighted by Crippen LogP contribution is -2.60. The number of carboxylic acid groups (broad SMARTS) is 1. The van der Waals surface area contributed by atoms with Crippen molar-refractivity contribution in [3.63, 3.8) is 0 Å². The number of nitrogens with one attached hydrogen (secondary N) is 1. The number of carbonyl (C=O) groups is 1. The largest absolute Gasteiger partial charge is 0.480 e. The van der Waals surface area contributed by atoms with Crippen LogP contribution in [0.5, 0.6) is 0 Å². The molecule has 0 radical (unpaired) electrons. The van der Waals surface area contributed by atoms with Crippen LogP contribution < -0.4 is 5.32 Å². The van der Waals surface area contributed by atoms with Crippen molar-refractivity contribution < 1.29 is 9.90 Å². The summed E-state index contributed by atoms with van der Waals surface area (Å²) in [5.74, 6) is 1.47. The number of nitriles is 1. The second-order valence-electron chi connectivity index (χ2n) is 7.30. The van der Waals surface area contributed by atoms with Gasteiger partial charge in [0.2, 0.25) is 0 Å². The molecule has 0 aromatic heterocycles. The normalized spacial score (nSPS) is 42.6. The van der Waals surface area contributed by atoms with Gasteiger partial charge in [-0.15, -0.1) is 0 Å². The molecule has 0 aliphatic heterocycles. The van der Waals surface area contributed by atoms with Gasteiger partial charge in [0.05, 0.1) is 6.07 Å². The van der Waals surface area contributed by atoms with Crippen molar-refractivity contribution in [2.45, 2.75) is 51.0 Å². The van der Waals surface area contributed by atoms with Gasteiger partial charge in [-0.1, -0.05) is 0 Å². The first kappa shape index (κ1) is 12.9. The molecule has 4 fully saturated rings. The molecule has 0 aromatic rings. The molecule has 104 valence electrons. The summed E-state index contributed by atoms with van der Waals surface area (Å²) >= 11 is 0. The number of hydrogen-bond acceptors (Lipinski definition) is 3. The highest BCUT2D eigenvalue weighted by atomic mass is 16.4. The number of aliphatic carboxylic acids is 1. The van der Waals surface area contributed by atoms with Crippen LogP contribution in [0.1, 0.15) is 45.4 Å². The van der Waals surface area contributed by atoms with Crippen molar-refractivity contribution >= 4 is 5.97 Å². The Kier molecular flexibility index (Phi) is 2.86. The fourth-order valence-electron chi connectivity index (χ4n) is 4.85. The summed E-state index contributed by atoms with van der Waals surface area (Å²) in [4.78, 5) is 11.2. The summed E-state index contributed by atoms with van der Waals surface area (Å²) in [7, 11) is 0. The molecule has 0 amide bonds. The van der Waals surface area contributed by atoms with Crippen LogP contribution >= 0.6 is 0 Å². The minimum Gasteiger partial charge on any atom is -0.480 e. The van der Waals surface area contributed by atoms with E-state index in [1.807, 2.05) is 6.07 Å². The van der Waals surface area contributed by atoms with Crippen molar-refractivity contribution in [3.8, 4) is 6.07 Å². The second kappa shape index (κ2) is 4.21. The molecule has 4 aliphatic carbocycles. The fraction of sp³-hybridized carbons (Fsp3) is 0.867. The average Bonchev–Trinajstić information content (AvgIpc) is 2.34. The lowest BCUT2D eigenvalue weighted by molar-refractivity contribution is -0.145. The smallest absolute Gasteiger partial charge is 0.325 e. The maximum absolute atomic E-state index is 11.2. The van der Waals surface area contributed by atoms with Gasteiger partial charge in [0.25, 0.3) is 0 Å². The van der Waals surface area contributed by atoms with Crippen molar-refractivity contribution in [1.82, 2.24) is 5.32 Å². The van der Waals surface area contributed by atoms with Gasteiger partial charge < -0.3 is 10.4 Å². The molecule has 4 rings (SSSR count). The summed E-state index contributed by atoms with van der Waals surface area (Å²) in [5, 5.41) is 21.8. The Morgan fingerprint density at radius 2 is 1.79 bits per heavy atom. The molecule has 19 heavy (non-hydrogen) atoms. The molecule has 0 aromatic carbocycles. The van der Waals surface area contributed by atoms with E-state index < -0.39 is 11.4 Å². The summed E-state index contributed by atoms with van der Waals surface area (Å²) in [6.07, 6.45) is 7.65. The van der Waals surface area contributed by atoms with E-state index in [0.29, 0.717) is 0 Å². The van der Waals surface area contributed by atoms with E-state index in [4.69, 9.17) is 5.26 Å². The Balaban J connectivity index is 1.70. The number of nitrogens with zero attached hydrogens (tertiary/aromatic N) is 1. The maximum Gasteiger partial charge on any atom is 0.325 e. The number of hydrogen-bond donors (Lipinski definition) is 2. The third-order valence-corrected chi connectivity index (χ3v) is 5.57. The molecular weight excluding hydrogens is 240 g/mol. The number of rotatable bonds is 4. The van der Waals surface area contributed by atoms with E-state index in [-0.39, 0.29) is 12.1 Å². The lowest BCUT2D eigenvalue weighted by atomic mass is 9.53. The van der Waals surface area contributed by atoms with Crippen LogP contribution in [0, 0.1) is 34.5 Å². The van der Waals surface area contributed by atoms with E-state index in [2.05, 4.69) is 5.32 Å². The van der Waals surface area contributed by atoms with Gasteiger partial charge in [-0.2, -0.15) is 5.26 Å². The van der Waals surface area contributed by atoms with E-state index >= 15 is 0 Å². The topological polar surface area (TPSA) is 73.1 Å². The zero-order chi connectivity index (χ0) is 13.7. The van der Waals surface area contributed by atoms with Gasteiger partial charge >= 0.3 is 5.97 Å². The van der Waals surface area contributed by atoms with Gasteiger partial charge in [0.1, 0.15) is 0 Å². The third kappa shape index (κ3) is 2.14. The Morgan fingerprint density at radius 1 is 1.32 bits per heavy atom. The molecule has 1 atom stereocenters. The standard InChI is InChI=1S/C15H22N2O2/c1-14(8-16,13(18)19)9-17-15-5-10-2-11(6-15)4-12(3-10)7-15/h10-12,17H,2-7,9H2,1H3,(H,18,19). The van der Waals surface area contributed by atoms with Crippen LogP contribution in [0.4, 0.5) is 0 Å². The molecular formula is C15H22N2O2. The highest BCUT2D eigenvalue weighted by Gasteiger charge is 2.51. The van der Waals surface area contributed by atoms with E-state index in [1.54, 1.807) is 0 Å². The first-order valence-electron chi connectivity index (χ1n) is 7.34. The summed E-state index contributed by atoms with van der Waals surface area (Å²) in [6.45, 7) is 1.79. The predicted octanol–water partition coefficient (Wildman–Crippen LogP) is 2.16. The Morgan fingerprint density at radius 3 is 2.16 bits per heavy atom. The molecule has 4 bridgehead atoms. The molecule has 2 N–H and O–H groups in total. The van der Waals surface area contributed by atoms with Crippen LogP contribution in [0.25, 0.3) is 0 Å². The first-order chi connectivity index (χ1) is 8.95. The highest BCUT2D eigenvalue weighted by Crippen LogP contribution is 2.55. The molecule has 4 heteroatoms. The Hall–Kier alpha value is -1.08. The van der Waals surface area contributed by atoms with Crippen LogP contribution in [-0.2, 0) is 4.79 Å². The molecule has 4 nitrogen and oxygen atoms in total. The van der Waals surface area contributed by atoms with E-state index in [9.17, 15) is 9.90 Å². The van der Waals surface area contributed by atoms with Crippen LogP contribution in [0.3, 0.4) is 0 Å². The summed E-state index contributed by atoms with van der Waals surface area (Å²) in [6, 6.07) is 1.95. The molecule has 0 saturated heterocycles. The Labute approximate surface area is 114 Å². The maximum atomic E-state index is 11.2. The fourth-order valence-corrected chi connectivity index (χ4v) is 4.85. The van der Waals surface area contributed by atoms with E-state index in [1.165, 1.54) is 45.4 Å². The summed E-state index contributed by atoms with van der Waals surface area (Å²) in [5.41, 5.74) is -1.17. The quantitative estimate of drug-likeness (QED) is 0.814. The molecule has 1 unspecified atom stereocenters. The highest BCUT2D eigenvalue weighted by molar-refractivity contribution is 5.77. The third-order valence-electron chi connectivity index (χ3n) is 5.57. The van der Waals surface area contributed by atoms with Crippen molar-refractivity contribution in [2.75, 3.05) is 6.54 Å². The van der Waals surface area contributed by atoms with Crippen molar-refractivity contribution in [3.05, 3.63) is 0 Å². The second-order valence-corrected chi connectivity index (χ2v) is 7.30. The van der Waals surface area contributed by atoms with Gasteiger partial charge in [-0.05, 0) is 63.2 Å². The molecule has 0 spiro atoms. The first-order valence-corrected chi connectivity index (χ1v) is 7.34. The summed E-state index contributed by atoms with van der Waals surface area (Å²) < 4.78 is 0. The van der Waals surface area contributed by atoms with Gasteiger partial charge in [-0.25, -0.2) is 0 Å². The van der Waals surface area contributed by atoms with Gasteiger partial charge in [0.15, 0.2) is 5.41 Å². The van der Waals surface area contributed by atoms with Crippen LogP contribution in [0.2, 0.25) is 0 Å². The molecule has 4 saturated carbocycles. The van der Waals surface area contributed by atoms with Gasteiger partial charge in [0, 0.05) is 12.1 Å².